The number of ether oxygens (including phenoxy) is 1. The molecule has 0 aliphatic carbocycles. The summed E-state index contributed by atoms with van der Waals surface area (Å²) in [4.78, 5) is 26.7. The van der Waals surface area contributed by atoms with Crippen molar-refractivity contribution in [2.24, 2.45) is 5.10 Å². The van der Waals surface area contributed by atoms with Crippen LogP contribution < -0.4 is 5.43 Å². The largest absolute Gasteiger partial charge is 0.466 e. The zero-order valence-corrected chi connectivity index (χ0v) is 14.4. The molecular formula is C15H17N5O4S. The van der Waals surface area contributed by atoms with E-state index in [1.807, 2.05) is 0 Å². The van der Waals surface area contributed by atoms with Crippen molar-refractivity contribution in [2.75, 3.05) is 12.4 Å². The minimum absolute atomic E-state index is 0.0766. The average Bonchev–Trinajstić information content (AvgIpc) is 3.10. The lowest BCUT2D eigenvalue weighted by Crippen LogP contribution is -2.19. The van der Waals surface area contributed by atoms with Crippen molar-refractivity contribution in [3.05, 3.63) is 24.5 Å². The van der Waals surface area contributed by atoms with Crippen LogP contribution >= 0.6 is 11.8 Å². The molecule has 1 amide bonds. The van der Waals surface area contributed by atoms with Crippen molar-refractivity contribution in [1.29, 1.82) is 0 Å². The maximum absolute atomic E-state index is 11.7. The molecule has 0 aliphatic heterocycles. The van der Waals surface area contributed by atoms with Gasteiger partial charge in [-0.15, -0.1) is 10.2 Å². The number of pyridine rings is 1. The van der Waals surface area contributed by atoms with Crippen LogP contribution in [0.4, 0.5) is 0 Å². The van der Waals surface area contributed by atoms with Gasteiger partial charge in [-0.3, -0.25) is 14.6 Å². The van der Waals surface area contributed by atoms with Gasteiger partial charge in [0.15, 0.2) is 0 Å². The molecule has 0 atom stereocenters. The van der Waals surface area contributed by atoms with E-state index in [1.54, 1.807) is 31.5 Å². The third-order valence-corrected chi connectivity index (χ3v) is 3.54. The van der Waals surface area contributed by atoms with Gasteiger partial charge in [-0.05, 0) is 25.5 Å². The highest BCUT2D eigenvalue weighted by atomic mass is 32.2. The van der Waals surface area contributed by atoms with Gasteiger partial charge in [-0.2, -0.15) is 5.10 Å². The van der Waals surface area contributed by atoms with Gasteiger partial charge < -0.3 is 9.15 Å². The number of carbonyl (C=O) groups excluding carboxylic acids is 2. The summed E-state index contributed by atoms with van der Waals surface area (Å²) >= 11 is 1.10. The molecule has 9 nitrogen and oxygen atoms in total. The quantitative estimate of drug-likeness (QED) is 0.309. The Morgan fingerprint density at radius 2 is 2.16 bits per heavy atom. The van der Waals surface area contributed by atoms with E-state index in [-0.39, 0.29) is 29.3 Å². The maximum atomic E-state index is 11.7. The highest BCUT2D eigenvalue weighted by Crippen LogP contribution is 2.22. The molecule has 2 aromatic rings. The van der Waals surface area contributed by atoms with Gasteiger partial charge in [0.2, 0.25) is 5.89 Å². The predicted octanol–water partition coefficient (Wildman–Crippen LogP) is 1.67. The first-order valence-electron chi connectivity index (χ1n) is 7.51. The van der Waals surface area contributed by atoms with Gasteiger partial charge in [-0.1, -0.05) is 11.8 Å². The standard InChI is InChI=1S/C15H17N5O4S/c1-2-23-13(22)4-3-7-17-18-12(21)10-25-15-20-19-14(24-15)11-5-8-16-9-6-11/h5-9H,2-4,10H2,1H3,(H,18,21). The molecule has 2 aromatic heterocycles. The van der Waals surface area contributed by atoms with E-state index >= 15 is 0 Å². The number of nitrogens with zero attached hydrogens (tertiary/aromatic N) is 4. The second-order valence-corrected chi connectivity index (χ2v) is 5.51. The van der Waals surface area contributed by atoms with Gasteiger partial charge in [0, 0.05) is 24.2 Å². The summed E-state index contributed by atoms with van der Waals surface area (Å²) in [6, 6.07) is 3.50. The molecule has 2 rings (SSSR count). The maximum Gasteiger partial charge on any atom is 0.306 e. The number of thioether (sulfide) groups is 1. The van der Waals surface area contributed by atoms with Crippen LogP contribution in [0.5, 0.6) is 0 Å². The molecule has 0 bridgehead atoms. The van der Waals surface area contributed by atoms with Crippen LogP contribution in [-0.4, -0.2) is 45.6 Å². The molecule has 0 spiro atoms. The number of amides is 1. The van der Waals surface area contributed by atoms with Gasteiger partial charge >= 0.3 is 5.97 Å². The number of hydrazone groups is 1. The van der Waals surface area contributed by atoms with Gasteiger partial charge in [0.25, 0.3) is 11.1 Å². The van der Waals surface area contributed by atoms with E-state index in [0.29, 0.717) is 18.9 Å². The summed E-state index contributed by atoms with van der Waals surface area (Å²) in [6.07, 6.45) is 5.32. The zero-order valence-electron chi connectivity index (χ0n) is 13.5. The number of aromatic nitrogens is 3. The Morgan fingerprint density at radius 1 is 1.36 bits per heavy atom. The third-order valence-electron chi connectivity index (χ3n) is 2.72. The van der Waals surface area contributed by atoms with E-state index in [4.69, 9.17) is 9.15 Å². The number of carbonyl (C=O) groups is 2. The van der Waals surface area contributed by atoms with Crippen molar-refractivity contribution in [3.8, 4) is 11.5 Å². The second kappa shape index (κ2) is 10.2. The van der Waals surface area contributed by atoms with Crippen LogP contribution in [0, 0.1) is 0 Å². The summed E-state index contributed by atoms with van der Waals surface area (Å²) in [6.45, 7) is 2.09. The Bertz CT molecular complexity index is 720. The lowest BCUT2D eigenvalue weighted by atomic mass is 10.3. The van der Waals surface area contributed by atoms with Crippen LogP contribution in [0.25, 0.3) is 11.5 Å². The predicted molar refractivity (Wildman–Crippen MR) is 90.8 cm³/mol. The Balaban J connectivity index is 1.68. The first kappa shape index (κ1) is 18.6. The fourth-order valence-corrected chi connectivity index (χ4v) is 2.19. The van der Waals surface area contributed by atoms with E-state index in [0.717, 1.165) is 17.3 Å². The highest BCUT2D eigenvalue weighted by molar-refractivity contribution is 7.99. The molecule has 0 radical (unpaired) electrons. The molecule has 10 heteroatoms. The Morgan fingerprint density at radius 3 is 2.92 bits per heavy atom. The lowest BCUT2D eigenvalue weighted by molar-refractivity contribution is -0.142. The van der Waals surface area contributed by atoms with Crippen molar-refractivity contribution < 1.29 is 18.7 Å². The first-order valence-corrected chi connectivity index (χ1v) is 8.50. The Kier molecular flexibility index (Phi) is 7.57. The van der Waals surface area contributed by atoms with E-state index in [1.165, 1.54) is 6.21 Å². The zero-order chi connectivity index (χ0) is 17.9. The Hall–Kier alpha value is -2.75. The third kappa shape index (κ3) is 6.71. The molecule has 0 aliphatic rings. The van der Waals surface area contributed by atoms with Crippen LogP contribution in [0.15, 0.2) is 39.3 Å². The number of nitrogens with one attached hydrogen (secondary N) is 1. The van der Waals surface area contributed by atoms with Crippen LogP contribution in [-0.2, 0) is 14.3 Å². The molecule has 1 N–H and O–H groups in total. The fraction of sp³-hybridized carbons (Fsp3) is 0.333. The molecule has 0 saturated carbocycles. The van der Waals surface area contributed by atoms with E-state index in [9.17, 15) is 9.59 Å². The number of rotatable bonds is 9. The summed E-state index contributed by atoms with van der Waals surface area (Å²) in [7, 11) is 0. The molecule has 0 fully saturated rings. The summed E-state index contributed by atoms with van der Waals surface area (Å²) < 4.78 is 10.2. The molecule has 0 saturated heterocycles. The fourth-order valence-electron chi connectivity index (χ4n) is 1.64. The van der Waals surface area contributed by atoms with E-state index < -0.39 is 0 Å². The molecular weight excluding hydrogens is 346 g/mol. The van der Waals surface area contributed by atoms with Crippen LogP contribution in [0.3, 0.4) is 0 Å². The normalized spacial score (nSPS) is 10.8. The number of hydrogen-bond acceptors (Lipinski definition) is 9. The monoisotopic (exact) mass is 363 g/mol. The molecule has 0 aromatic carbocycles. The van der Waals surface area contributed by atoms with Crippen molar-refractivity contribution in [1.82, 2.24) is 20.6 Å². The van der Waals surface area contributed by atoms with Crippen molar-refractivity contribution >= 4 is 29.9 Å². The summed E-state index contributed by atoms with van der Waals surface area (Å²) in [5, 5.41) is 11.8. The molecule has 25 heavy (non-hydrogen) atoms. The SMILES string of the molecule is CCOC(=O)CCC=NNC(=O)CSc1nnc(-c2ccncc2)o1. The van der Waals surface area contributed by atoms with E-state index in [2.05, 4.69) is 25.7 Å². The number of hydrogen-bond donors (Lipinski definition) is 1. The minimum atomic E-state index is -0.318. The minimum Gasteiger partial charge on any atom is -0.466 e. The average molecular weight is 363 g/mol. The van der Waals surface area contributed by atoms with Gasteiger partial charge in [0.05, 0.1) is 18.8 Å². The Labute approximate surface area is 148 Å². The van der Waals surface area contributed by atoms with Gasteiger partial charge in [-0.25, -0.2) is 5.43 Å². The topological polar surface area (TPSA) is 120 Å². The van der Waals surface area contributed by atoms with Crippen molar-refractivity contribution in [2.45, 2.75) is 25.0 Å². The first-order chi connectivity index (χ1) is 12.2. The lowest BCUT2D eigenvalue weighted by Gasteiger charge is -1.98. The summed E-state index contributed by atoms with van der Waals surface area (Å²) in [5.74, 6) is -0.173. The highest BCUT2D eigenvalue weighted by Gasteiger charge is 2.10. The molecule has 2 heterocycles. The van der Waals surface area contributed by atoms with Crippen LogP contribution in [0.1, 0.15) is 19.8 Å². The molecule has 0 unspecified atom stereocenters. The number of esters is 1. The van der Waals surface area contributed by atoms with Crippen LogP contribution in [0.2, 0.25) is 0 Å². The second-order valence-electron chi connectivity index (χ2n) is 4.59. The molecule has 132 valence electrons. The van der Waals surface area contributed by atoms with Gasteiger partial charge in [0.1, 0.15) is 0 Å². The summed E-state index contributed by atoms with van der Waals surface area (Å²) in [5.41, 5.74) is 3.11. The van der Waals surface area contributed by atoms with Crippen molar-refractivity contribution in [3.63, 3.8) is 0 Å². The smallest absolute Gasteiger partial charge is 0.306 e.